The average Bonchev–Trinajstić information content (AvgIpc) is 1.46. The van der Waals surface area contributed by atoms with Gasteiger partial charge in [-0.1, -0.05) is 141 Å². The lowest BCUT2D eigenvalue weighted by Gasteiger charge is -2.31. The van der Waals surface area contributed by atoms with Crippen LogP contribution in [0.25, 0.3) is 0 Å². The fraction of sp³-hybridized carbons (Fsp3) is 0.416. The van der Waals surface area contributed by atoms with Gasteiger partial charge < -0.3 is 64.1 Å². The van der Waals surface area contributed by atoms with Crippen LogP contribution < -0.4 is 34.9 Å². The Labute approximate surface area is 584 Å². The number of carbonyl (C=O) groups excluding carboxylic acids is 3. The van der Waals surface area contributed by atoms with Crippen molar-refractivity contribution in [2.45, 2.75) is 173 Å². The summed E-state index contributed by atoms with van der Waals surface area (Å²) in [4.78, 5) is 37.0. The molecule has 98 heavy (non-hydrogen) atoms. The van der Waals surface area contributed by atoms with Crippen LogP contribution in [0.5, 0.6) is 23.0 Å². The highest BCUT2D eigenvalue weighted by Gasteiger charge is 2.36. The molecule has 3 amide bonds. The molecule has 0 saturated carbocycles. The fourth-order valence-electron chi connectivity index (χ4n) is 9.67. The van der Waals surface area contributed by atoms with E-state index in [2.05, 4.69) is 16.0 Å². The van der Waals surface area contributed by atoms with Crippen molar-refractivity contribution in [2.24, 2.45) is 5.92 Å². The summed E-state index contributed by atoms with van der Waals surface area (Å²) in [6.45, 7) is 22.0. The number of aliphatic hydroxyl groups is 2. The molecule has 0 radical (unpaired) electrons. The first-order chi connectivity index (χ1) is 46.4. The van der Waals surface area contributed by atoms with Gasteiger partial charge in [0.2, 0.25) is 10.0 Å². The fourth-order valence-corrected chi connectivity index (χ4v) is 11.5. The standard InChI is InChI=1S/C33H44N2O7S.C22H28ClNO4.C22H27NO4/c1-24(2)21-35(43(38,39)29-18-16-27(40-6)17-19-29)22-31(36)30(34-32(37)42-33(3,4)5)20-25-12-14-28(15-13-25)41-23-26-10-8-7-9-11-26;1-22(2,3)28-21(26)24-19(20(25)14-23)13-16-9-11-18(12-10-16)27-15-17-7-5-4-6-8-17;1-22(2,3)27-21(24)23-19(20-15-26-20)13-16-9-11-18(12-10-16)25-14-17-7-5-4-6-8-17/h7-19,24,30-31,36H,20-23H2,1-6H3,(H,34,37);4-12,19-20,25H,13-15H2,1-3H3,(H,24,26);4-12,19-20H,13-15H2,1-3H3,(H,23,24)/t30-,31+;2*19-,20+/m000/s1. The normalized spacial score (nSPS) is 14.4. The summed E-state index contributed by atoms with van der Waals surface area (Å²) >= 11 is 5.79. The van der Waals surface area contributed by atoms with Gasteiger partial charge in [-0.2, -0.15) is 4.31 Å². The molecule has 0 aliphatic carbocycles. The quantitative estimate of drug-likeness (QED) is 0.0166. The number of carbonyl (C=O) groups is 3. The molecule has 8 rings (SSSR count). The van der Waals surface area contributed by atoms with Crippen LogP contribution in [0.15, 0.2) is 193 Å². The van der Waals surface area contributed by atoms with Crippen molar-refractivity contribution in [1.29, 1.82) is 0 Å². The monoisotopic (exact) mass is 1390 g/mol. The van der Waals surface area contributed by atoms with E-state index in [9.17, 15) is 33.0 Å². The second-order valence-corrected chi connectivity index (χ2v) is 29.4. The van der Waals surface area contributed by atoms with Gasteiger partial charge in [-0.15, -0.1) is 11.6 Å². The summed E-state index contributed by atoms with van der Waals surface area (Å²) in [5, 5.41) is 30.0. The van der Waals surface area contributed by atoms with Crippen LogP contribution in [0, 0.1) is 5.92 Å². The highest BCUT2D eigenvalue weighted by molar-refractivity contribution is 7.89. The van der Waals surface area contributed by atoms with Gasteiger partial charge in [0.1, 0.15) is 65.7 Å². The molecule has 1 aliphatic heterocycles. The minimum atomic E-state index is -3.96. The van der Waals surface area contributed by atoms with Crippen molar-refractivity contribution in [3.8, 4) is 23.0 Å². The topological polar surface area (TPSA) is 242 Å². The zero-order chi connectivity index (χ0) is 71.5. The number of methoxy groups -OCH3 is 1. The molecule has 6 atom stereocenters. The number of amides is 3. The van der Waals surface area contributed by atoms with Crippen molar-refractivity contribution < 1.29 is 70.9 Å². The lowest BCUT2D eigenvalue weighted by Crippen LogP contribution is -2.51. The Balaban J connectivity index is 0.000000241. The summed E-state index contributed by atoms with van der Waals surface area (Å²) in [5.41, 5.74) is 4.27. The van der Waals surface area contributed by atoms with E-state index in [1.165, 1.54) is 23.5 Å². The summed E-state index contributed by atoms with van der Waals surface area (Å²) in [6, 6.07) is 57.3. The van der Waals surface area contributed by atoms with Gasteiger partial charge in [0.25, 0.3) is 0 Å². The average molecular weight is 1390 g/mol. The molecule has 0 unspecified atom stereocenters. The number of aliphatic hydroxyl groups excluding tert-OH is 2. The van der Waals surface area contributed by atoms with E-state index in [-0.39, 0.29) is 48.3 Å². The Morgan fingerprint density at radius 2 is 0.827 bits per heavy atom. The van der Waals surface area contributed by atoms with Crippen molar-refractivity contribution in [3.63, 3.8) is 0 Å². The number of nitrogens with zero attached hydrogens (tertiary/aromatic N) is 1. The van der Waals surface area contributed by atoms with Crippen LogP contribution >= 0.6 is 11.6 Å². The van der Waals surface area contributed by atoms with E-state index in [1.54, 1.807) is 53.7 Å². The number of alkyl carbamates (subject to hydrolysis) is 3. The number of nitrogens with one attached hydrogen (secondary N) is 3. The Morgan fingerprint density at radius 3 is 1.15 bits per heavy atom. The van der Waals surface area contributed by atoms with Gasteiger partial charge in [-0.05, 0) is 182 Å². The summed E-state index contributed by atoms with van der Waals surface area (Å²) in [5.74, 6) is 2.79. The third-order valence-corrected chi connectivity index (χ3v) is 16.7. The number of hydrogen-bond donors (Lipinski definition) is 5. The van der Waals surface area contributed by atoms with Gasteiger partial charge >= 0.3 is 18.3 Å². The third kappa shape index (κ3) is 29.8. The van der Waals surface area contributed by atoms with Gasteiger partial charge in [-0.25, -0.2) is 22.8 Å². The van der Waals surface area contributed by atoms with E-state index in [1.807, 2.05) is 198 Å². The lowest BCUT2D eigenvalue weighted by molar-refractivity contribution is 0.0397. The van der Waals surface area contributed by atoms with E-state index < -0.39 is 69.4 Å². The summed E-state index contributed by atoms with van der Waals surface area (Å²) in [7, 11) is -2.45. The number of rotatable bonds is 29. The Morgan fingerprint density at radius 1 is 0.490 bits per heavy atom. The summed E-state index contributed by atoms with van der Waals surface area (Å²) < 4.78 is 72.7. The van der Waals surface area contributed by atoms with Crippen molar-refractivity contribution in [3.05, 3.63) is 221 Å². The maximum Gasteiger partial charge on any atom is 0.407 e. The molecule has 1 aliphatic rings. The van der Waals surface area contributed by atoms with E-state index in [0.717, 1.165) is 44.9 Å². The van der Waals surface area contributed by atoms with Gasteiger partial charge in [0.15, 0.2) is 0 Å². The van der Waals surface area contributed by atoms with Crippen LogP contribution in [-0.2, 0) is 68.1 Å². The van der Waals surface area contributed by atoms with Crippen molar-refractivity contribution in [1.82, 2.24) is 20.3 Å². The van der Waals surface area contributed by atoms with Gasteiger partial charge in [-0.3, -0.25) is 0 Å². The number of sulfonamides is 1. The zero-order valence-corrected chi connectivity index (χ0v) is 60.0. The molecule has 1 fully saturated rings. The molecule has 7 aromatic carbocycles. The number of alkyl halides is 1. The highest BCUT2D eigenvalue weighted by Crippen LogP contribution is 2.26. The minimum Gasteiger partial charge on any atom is -0.497 e. The van der Waals surface area contributed by atoms with E-state index >= 15 is 0 Å². The molecule has 19 nitrogen and oxygen atoms in total. The molecule has 0 bridgehead atoms. The molecule has 21 heteroatoms. The Hall–Kier alpha value is -8.37. The summed E-state index contributed by atoms with van der Waals surface area (Å²) in [6.07, 6.45) is -2.43. The number of benzene rings is 7. The van der Waals surface area contributed by atoms with Crippen molar-refractivity contribution >= 4 is 39.9 Å². The molecular formula is C77H99ClN4O15S. The predicted molar refractivity (Wildman–Crippen MR) is 381 cm³/mol. The minimum absolute atomic E-state index is 0.0126. The smallest absolute Gasteiger partial charge is 0.407 e. The molecule has 7 aromatic rings. The largest absolute Gasteiger partial charge is 0.497 e. The molecule has 1 saturated heterocycles. The first-order valence-electron chi connectivity index (χ1n) is 32.9. The zero-order valence-electron chi connectivity index (χ0n) is 58.4. The number of halogens is 1. The molecule has 5 N–H and O–H groups in total. The molecule has 0 aromatic heterocycles. The maximum absolute atomic E-state index is 13.6. The first-order valence-corrected chi connectivity index (χ1v) is 34.8. The van der Waals surface area contributed by atoms with Crippen LogP contribution in [0.3, 0.4) is 0 Å². The third-order valence-electron chi connectivity index (χ3n) is 14.5. The Bertz CT molecular complexity index is 3590. The second kappa shape index (κ2) is 38.1. The lowest BCUT2D eigenvalue weighted by atomic mass is 10.0. The predicted octanol–water partition coefficient (Wildman–Crippen LogP) is 13.8. The molecule has 0 spiro atoms. The SMILES string of the molecule is CC(C)(C)OC(=O)N[C@@H](Cc1ccc(OCc2ccccc2)cc1)[C@H](O)CCl.CC(C)(C)OC(=O)N[C@@H](Cc1ccc(OCc2ccccc2)cc1)[C@H]1CO1.COc1ccc(S(=O)(=O)N(CC(C)C)C[C@@H](O)[C@H](Cc2ccc(OCc3ccccc3)cc2)NC(=O)OC(C)(C)C)cc1. The van der Waals surface area contributed by atoms with Gasteiger partial charge in [0.05, 0.1) is 54.8 Å². The number of hydrogen-bond acceptors (Lipinski definition) is 15. The molecule has 530 valence electrons. The van der Waals surface area contributed by atoms with E-state index in [0.29, 0.717) is 50.8 Å². The number of epoxide rings is 1. The molecular weight excluding hydrogens is 1290 g/mol. The molecule has 1 heterocycles. The van der Waals surface area contributed by atoms with E-state index in [4.69, 9.17) is 49.5 Å². The Kier molecular flexibility index (Phi) is 30.6. The van der Waals surface area contributed by atoms with Crippen molar-refractivity contribution in [2.75, 3.05) is 32.7 Å². The van der Waals surface area contributed by atoms with Crippen LogP contribution in [0.4, 0.5) is 14.4 Å². The first kappa shape index (κ1) is 78.6. The highest BCUT2D eigenvalue weighted by atomic mass is 35.5. The number of ether oxygens (including phenoxy) is 8. The van der Waals surface area contributed by atoms with Crippen LogP contribution in [0.2, 0.25) is 0 Å². The second-order valence-electron chi connectivity index (χ2n) is 27.2. The van der Waals surface area contributed by atoms with Gasteiger partial charge in [0, 0.05) is 13.1 Å². The van der Waals surface area contributed by atoms with Crippen LogP contribution in [-0.4, -0.2) is 127 Å². The maximum atomic E-state index is 13.6. The van der Waals surface area contributed by atoms with Crippen LogP contribution in [0.1, 0.15) is 110 Å².